The van der Waals surface area contributed by atoms with E-state index < -0.39 is 5.60 Å². The first-order valence-electron chi connectivity index (χ1n) is 5.87. The van der Waals surface area contributed by atoms with Crippen molar-refractivity contribution in [2.24, 2.45) is 0 Å². The lowest BCUT2D eigenvalue weighted by molar-refractivity contribution is 0.0953. The minimum atomic E-state index is -0.954. The topological polar surface area (TPSA) is 38.0 Å². The molecule has 0 saturated heterocycles. The van der Waals surface area contributed by atoms with Crippen molar-refractivity contribution in [1.29, 1.82) is 0 Å². The van der Waals surface area contributed by atoms with Crippen LogP contribution in [0.5, 0.6) is 0 Å². The molecule has 0 aliphatic heterocycles. The van der Waals surface area contributed by atoms with Crippen LogP contribution in [0.4, 0.5) is 0 Å². The summed E-state index contributed by atoms with van der Waals surface area (Å²) in [4.78, 5) is 2.18. The molecule has 0 saturated carbocycles. The van der Waals surface area contributed by atoms with Crippen LogP contribution in [0.2, 0.25) is 0 Å². The van der Waals surface area contributed by atoms with E-state index in [2.05, 4.69) is 12.0 Å². The third kappa shape index (κ3) is 2.28. The Bertz CT molecular complexity index is 499. The summed E-state index contributed by atoms with van der Waals surface area (Å²) in [5, 5.41) is 15.0. The average Bonchev–Trinajstić information content (AvgIpc) is 2.87. The second-order valence-corrected chi connectivity index (χ2v) is 5.71. The van der Waals surface area contributed by atoms with Crippen molar-refractivity contribution in [1.82, 2.24) is 9.78 Å². The molecule has 2 aromatic heterocycles. The zero-order valence-electron chi connectivity index (χ0n) is 10.5. The quantitative estimate of drug-likeness (QED) is 0.906. The minimum absolute atomic E-state index is 0.836. The van der Waals surface area contributed by atoms with Gasteiger partial charge >= 0.3 is 0 Å². The van der Waals surface area contributed by atoms with Gasteiger partial charge in [-0.05, 0) is 38.5 Å². The maximum atomic E-state index is 10.7. The standard InChI is InChI=1S/C13H18N2OS/c1-4-9-15-11(7-8-14-15)13(3,16)12-6-5-10(2)17-12/h5-8,16H,4,9H2,1-3H3. The van der Waals surface area contributed by atoms with E-state index in [1.165, 1.54) is 4.88 Å². The number of aliphatic hydroxyl groups is 1. The maximum Gasteiger partial charge on any atom is 0.137 e. The number of aromatic nitrogens is 2. The lowest BCUT2D eigenvalue weighted by Gasteiger charge is -2.23. The fourth-order valence-electron chi connectivity index (χ4n) is 1.96. The number of rotatable bonds is 4. The Morgan fingerprint density at radius 3 is 2.76 bits per heavy atom. The molecule has 1 unspecified atom stereocenters. The van der Waals surface area contributed by atoms with Gasteiger partial charge in [0.25, 0.3) is 0 Å². The van der Waals surface area contributed by atoms with E-state index in [1.54, 1.807) is 17.5 Å². The first-order valence-corrected chi connectivity index (χ1v) is 6.69. The van der Waals surface area contributed by atoms with E-state index in [0.29, 0.717) is 0 Å². The van der Waals surface area contributed by atoms with Crippen LogP contribution < -0.4 is 0 Å². The second kappa shape index (κ2) is 4.63. The summed E-state index contributed by atoms with van der Waals surface area (Å²) < 4.78 is 1.88. The highest BCUT2D eigenvalue weighted by Crippen LogP contribution is 2.33. The molecule has 0 amide bonds. The van der Waals surface area contributed by atoms with Crippen molar-refractivity contribution < 1.29 is 5.11 Å². The SMILES string of the molecule is CCCn1nccc1C(C)(O)c1ccc(C)s1. The molecule has 2 heterocycles. The van der Waals surface area contributed by atoms with Gasteiger partial charge in [0.05, 0.1) is 5.69 Å². The zero-order chi connectivity index (χ0) is 12.5. The van der Waals surface area contributed by atoms with E-state index in [4.69, 9.17) is 0 Å². The summed E-state index contributed by atoms with van der Waals surface area (Å²) >= 11 is 1.63. The van der Waals surface area contributed by atoms with Crippen molar-refractivity contribution in [3.05, 3.63) is 39.8 Å². The van der Waals surface area contributed by atoms with Crippen molar-refractivity contribution in [3.63, 3.8) is 0 Å². The Balaban J connectivity index is 2.40. The fraction of sp³-hybridized carbons (Fsp3) is 0.462. The molecular formula is C13H18N2OS. The summed E-state index contributed by atoms with van der Waals surface area (Å²) in [6.07, 6.45) is 2.76. The molecule has 1 N–H and O–H groups in total. The number of aryl methyl sites for hydroxylation is 2. The van der Waals surface area contributed by atoms with Gasteiger partial charge in [-0.15, -0.1) is 11.3 Å². The number of hydrogen-bond acceptors (Lipinski definition) is 3. The highest BCUT2D eigenvalue weighted by Gasteiger charge is 2.30. The molecule has 0 radical (unpaired) electrons. The van der Waals surface area contributed by atoms with Gasteiger partial charge in [-0.25, -0.2) is 0 Å². The Hall–Kier alpha value is -1.13. The van der Waals surface area contributed by atoms with E-state index in [1.807, 2.05) is 36.7 Å². The van der Waals surface area contributed by atoms with E-state index in [-0.39, 0.29) is 0 Å². The third-order valence-corrected chi connectivity index (χ3v) is 4.08. The molecule has 92 valence electrons. The zero-order valence-corrected chi connectivity index (χ0v) is 11.3. The van der Waals surface area contributed by atoms with Crippen LogP contribution in [-0.2, 0) is 12.1 Å². The Morgan fingerprint density at radius 2 is 2.18 bits per heavy atom. The van der Waals surface area contributed by atoms with Crippen LogP contribution in [0.1, 0.15) is 35.7 Å². The summed E-state index contributed by atoms with van der Waals surface area (Å²) in [5.74, 6) is 0. The number of hydrogen-bond donors (Lipinski definition) is 1. The predicted octanol–water partition coefficient (Wildman–Crippen LogP) is 2.92. The first-order chi connectivity index (χ1) is 8.05. The summed E-state index contributed by atoms with van der Waals surface area (Å²) in [5.41, 5.74) is -0.0916. The molecule has 2 rings (SSSR count). The smallest absolute Gasteiger partial charge is 0.137 e. The molecule has 0 aromatic carbocycles. The number of thiophene rings is 1. The van der Waals surface area contributed by atoms with Crippen LogP contribution in [-0.4, -0.2) is 14.9 Å². The van der Waals surface area contributed by atoms with Gasteiger partial charge in [0.2, 0.25) is 0 Å². The van der Waals surface area contributed by atoms with Gasteiger partial charge in [-0.2, -0.15) is 5.10 Å². The molecule has 0 aliphatic carbocycles. The Morgan fingerprint density at radius 1 is 1.41 bits per heavy atom. The normalized spacial score (nSPS) is 14.8. The van der Waals surface area contributed by atoms with Gasteiger partial charge in [-0.1, -0.05) is 6.92 Å². The molecule has 0 aliphatic rings. The van der Waals surface area contributed by atoms with Crippen molar-refractivity contribution in [2.75, 3.05) is 0 Å². The maximum absolute atomic E-state index is 10.7. The minimum Gasteiger partial charge on any atom is -0.378 e. The van der Waals surface area contributed by atoms with Gasteiger partial charge < -0.3 is 5.11 Å². The Labute approximate surface area is 106 Å². The fourth-order valence-corrected chi connectivity index (χ4v) is 2.88. The highest BCUT2D eigenvalue weighted by molar-refractivity contribution is 7.12. The molecular weight excluding hydrogens is 232 g/mol. The molecule has 0 fully saturated rings. The van der Waals surface area contributed by atoms with Crippen molar-refractivity contribution in [2.45, 2.75) is 39.3 Å². The molecule has 2 aromatic rings. The van der Waals surface area contributed by atoms with E-state index in [9.17, 15) is 5.11 Å². The highest BCUT2D eigenvalue weighted by atomic mass is 32.1. The average molecular weight is 250 g/mol. The van der Waals surface area contributed by atoms with Crippen LogP contribution >= 0.6 is 11.3 Å². The van der Waals surface area contributed by atoms with Crippen LogP contribution in [0.25, 0.3) is 0 Å². The first kappa shape index (κ1) is 12.3. The van der Waals surface area contributed by atoms with Crippen molar-refractivity contribution >= 4 is 11.3 Å². The largest absolute Gasteiger partial charge is 0.378 e. The molecule has 0 bridgehead atoms. The van der Waals surface area contributed by atoms with Gasteiger partial charge in [0, 0.05) is 22.5 Å². The molecule has 3 nitrogen and oxygen atoms in total. The monoisotopic (exact) mass is 250 g/mol. The third-order valence-electron chi connectivity index (χ3n) is 2.87. The van der Waals surface area contributed by atoms with Crippen LogP contribution in [0.3, 0.4) is 0 Å². The lowest BCUT2D eigenvalue weighted by atomic mass is 10.0. The van der Waals surface area contributed by atoms with E-state index in [0.717, 1.165) is 23.5 Å². The number of nitrogens with zero attached hydrogens (tertiary/aromatic N) is 2. The lowest BCUT2D eigenvalue weighted by Crippen LogP contribution is -2.25. The van der Waals surface area contributed by atoms with Crippen LogP contribution in [0.15, 0.2) is 24.4 Å². The summed E-state index contributed by atoms with van der Waals surface area (Å²) in [7, 11) is 0. The molecule has 1 atom stereocenters. The molecule has 4 heteroatoms. The molecule has 17 heavy (non-hydrogen) atoms. The van der Waals surface area contributed by atoms with Gasteiger partial charge in [0.15, 0.2) is 0 Å². The Kier molecular flexibility index (Phi) is 3.35. The van der Waals surface area contributed by atoms with Crippen molar-refractivity contribution in [3.8, 4) is 0 Å². The van der Waals surface area contributed by atoms with Gasteiger partial charge in [0.1, 0.15) is 5.60 Å². The summed E-state index contributed by atoms with van der Waals surface area (Å²) in [6.45, 7) is 6.83. The van der Waals surface area contributed by atoms with Gasteiger partial charge in [-0.3, -0.25) is 4.68 Å². The second-order valence-electron chi connectivity index (χ2n) is 4.42. The van der Waals surface area contributed by atoms with Crippen LogP contribution in [0, 0.1) is 6.92 Å². The summed E-state index contributed by atoms with van der Waals surface area (Å²) in [6, 6.07) is 5.92. The predicted molar refractivity (Wildman–Crippen MR) is 70.2 cm³/mol. The van der Waals surface area contributed by atoms with E-state index >= 15 is 0 Å². The molecule has 0 spiro atoms.